The number of carbonyl (C=O) groups is 1. The SMILES string of the molecule is O=C(CCC12CCCCC1O2)c1ccccc1. The Morgan fingerprint density at radius 1 is 1.29 bits per heavy atom. The van der Waals surface area contributed by atoms with E-state index in [0.29, 0.717) is 12.5 Å². The Morgan fingerprint density at radius 2 is 2.12 bits per heavy atom. The van der Waals surface area contributed by atoms with Crippen LogP contribution in [-0.4, -0.2) is 17.5 Å². The number of benzene rings is 1. The van der Waals surface area contributed by atoms with Crippen molar-refractivity contribution in [3.63, 3.8) is 0 Å². The van der Waals surface area contributed by atoms with Crippen molar-refractivity contribution >= 4 is 5.78 Å². The minimum absolute atomic E-state index is 0.0860. The van der Waals surface area contributed by atoms with Gasteiger partial charge in [-0.15, -0.1) is 0 Å². The third-order valence-electron chi connectivity index (χ3n) is 4.09. The molecule has 1 heterocycles. The van der Waals surface area contributed by atoms with Crippen LogP contribution in [0.1, 0.15) is 48.9 Å². The van der Waals surface area contributed by atoms with Crippen LogP contribution in [0.5, 0.6) is 0 Å². The molecule has 3 rings (SSSR count). The number of epoxide rings is 1. The van der Waals surface area contributed by atoms with E-state index in [-0.39, 0.29) is 11.4 Å². The van der Waals surface area contributed by atoms with Gasteiger partial charge < -0.3 is 4.74 Å². The molecule has 17 heavy (non-hydrogen) atoms. The highest BCUT2D eigenvalue weighted by molar-refractivity contribution is 5.96. The van der Waals surface area contributed by atoms with E-state index in [0.717, 1.165) is 18.4 Å². The maximum Gasteiger partial charge on any atom is 0.162 e. The van der Waals surface area contributed by atoms with E-state index in [4.69, 9.17) is 4.74 Å². The van der Waals surface area contributed by atoms with E-state index in [1.165, 1.54) is 19.3 Å². The van der Waals surface area contributed by atoms with Crippen LogP contribution >= 0.6 is 0 Å². The maximum atomic E-state index is 12.0. The van der Waals surface area contributed by atoms with Gasteiger partial charge in [-0.3, -0.25) is 4.79 Å². The second kappa shape index (κ2) is 4.26. The number of Topliss-reactive ketones (excluding diaryl/α,β-unsaturated/α-hetero) is 1. The third-order valence-corrected chi connectivity index (χ3v) is 4.09. The number of hydrogen-bond acceptors (Lipinski definition) is 2. The molecule has 0 N–H and O–H groups in total. The van der Waals surface area contributed by atoms with Crippen molar-refractivity contribution in [1.29, 1.82) is 0 Å². The molecule has 0 radical (unpaired) electrons. The van der Waals surface area contributed by atoms with Gasteiger partial charge in [0.05, 0.1) is 11.7 Å². The van der Waals surface area contributed by atoms with Gasteiger partial charge in [0.2, 0.25) is 0 Å². The van der Waals surface area contributed by atoms with Gasteiger partial charge in [0.15, 0.2) is 5.78 Å². The van der Waals surface area contributed by atoms with Crippen molar-refractivity contribution in [2.24, 2.45) is 0 Å². The summed E-state index contributed by atoms with van der Waals surface area (Å²) in [5, 5.41) is 0. The van der Waals surface area contributed by atoms with Crippen molar-refractivity contribution in [2.45, 2.75) is 50.2 Å². The molecular formula is C15H18O2. The quantitative estimate of drug-likeness (QED) is 0.586. The molecule has 1 aromatic carbocycles. The van der Waals surface area contributed by atoms with Crippen LogP contribution in [0.3, 0.4) is 0 Å². The first-order valence-corrected chi connectivity index (χ1v) is 6.56. The van der Waals surface area contributed by atoms with Gasteiger partial charge in [-0.05, 0) is 19.3 Å². The summed E-state index contributed by atoms with van der Waals surface area (Å²) in [6, 6.07) is 9.57. The Hall–Kier alpha value is -1.15. The van der Waals surface area contributed by atoms with Crippen molar-refractivity contribution in [3.8, 4) is 0 Å². The molecule has 2 nitrogen and oxygen atoms in total. The molecule has 2 fully saturated rings. The number of carbonyl (C=O) groups excluding carboxylic acids is 1. The van der Waals surface area contributed by atoms with E-state index in [2.05, 4.69) is 0 Å². The summed E-state index contributed by atoms with van der Waals surface area (Å²) in [5.41, 5.74) is 0.916. The van der Waals surface area contributed by atoms with Crippen LogP contribution in [0.15, 0.2) is 30.3 Å². The Morgan fingerprint density at radius 3 is 2.88 bits per heavy atom. The van der Waals surface area contributed by atoms with Gasteiger partial charge in [0.25, 0.3) is 0 Å². The van der Waals surface area contributed by atoms with Crippen LogP contribution in [0, 0.1) is 0 Å². The predicted molar refractivity (Wildman–Crippen MR) is 66.1 cm³/mol. The average Bonchev–Trinajstić information content (AvgIpc) is 3.12. The first-order valence-electron chi connectivity index (χ1n) is 6.56. The zero-order valence-electron chi connectivity index (χ0n) is 10.0. The van der Waals surface area contributed by atoms with Gasteiger partial charge in [-0.1, -0.05) is 43.2 Å². The average molecular weight is 230 g/mol. The standard InChI is InChI=1S/C15H18O2/c16-13(12-6-2-1-3-7-12)9-11-15-10-5-4-8-14(15)17-15/h1-3,6-7,14H,4-5,8-11H2. The molecule has 0 aromatic heterocycles. The summed E-state index contributed by atoms with van der Waals surface area (Å²) in [6.45, 7) is 0. The van der Waals surface area contributed by atoms with Crippen LogP contribution in [-0.2, 0) is 4.74 Å². The van der Waals surface area contributed by atoms with Crippen molar-refractivity contribution in [2.75, 3.05) is 0 Å². The number of hydrogen-bond donors (Lipinski definition) is 0. The highest BCUT2D eigenvalue weighted by atomic mass is 16.6. The monoisotopic (exact) mass is 230 g/mol. The molecule has 1 aliphatic carbocycles. The van der Waals surface area contributed by atoms with Crippen LogP contribution in [0.25, 0.3) is 0 Å². The van der Waals surface area contributed by atoms with E-state index in [1.807, 2.05) is 30.3 Å². The zero-order chi connectivity index (χ0) is 11.7. The fourth-order valence-corrected chi connectivity index (χ4v) is 2.98. The number of fused-ring (bicyclic) bond motifs is 1. The lowest BCUT2D eigenvalue weighted by Gasteiger charge is -2.16. The van der Waals surface area contributed by atoms with Crippen LogP contribution < -0.4 is 0 Å². The minimum atomic E-state index is 0.0860. The summed E-state index contributed by atoms with van der Waals surface area (Å²) in [4.78, 5) is 12.0. The lowest BCUT2D eigenvalue weighted by molar-refractivity contribution is 0.0966. The van der Waals surface area contributed by atoms with Gasteiger partial charge in [-0.2, -0.15) is 0 Å². The lowest BCUT2D eigenvalue weighted by Crippen LogP contribution is -2.20. The van der Waals surface area contributed by atoms with Crippen molar-refractivity contribution in [1.82, 2.24) is 0 Å². The predicted octanol–water partition coefficient (Wildman–Crippen LogP) is 3.36. The molecule has 90 valence electrons. The van der Waals surface area contributed by atoms with Crippen LogP contribution in [0.4, 0.5) is 0 Å². The molecular weight excluding hydrogens is 212 g/mol. The normalized spacial score (nSPS) is 30.7. The third kappa shape index (κ3) is 2.14. The van der Waals surface area contributed by atoms with Crippen molar-refractivity contribution in [3.05, 3.63) is 35.9 Å². The molecule has 0 bridgehead atoms. The minimum Gasteiger partial charge on any atom is -0.366 e. The van der Waals surface area contributed by atoms with Gasteiger partial charge in [0, 0.05) is 12.0 Å². The fourth-order valence-electron chi connectivity index (χ4n) is 2.98. The molecule has 1 saturated carbocycles. The summed E-state index contributed by atoms with van der Waals surface area (Å²) < 4.78 is 5.80. The lowest BCUT2D eigenvalue weighted by atomic mass is 9.85. The molecule has 2 unspecified atom stereocenters. The highest BCUT2D eigenvalue weighted by Crippen LogP contribution is 2.50. The Kier molecular flexibility index (Phi) is 2.75. The Bertz CT molecular complexity index is 412. The summed E-state index contributed by atoms with van der Waals surface area (Å²) >= 11 is 0. The molecule has 2 heteroatoms. The van der Waals surface area contributed by atoms with Gasteiger partial charge in [0.1, 0.15) is 0 Å². The van der Waals surface area contributed by atoms with Gasteiger partial charge >= 0.3 is 0 Å². The Labute approximate surface area is 102 Å². The first-order chi connectivity index (χ1) is 8.30. The Balaban J connectivity index is 1.57. The molecule has 0 amide bonds. The molecule has 2 atom stereocenters. The van der Waals surface area contributed by atoms with E-state index < -0.39 is 0 Å². The second-order valence-electron chi connectivity index (χ2n) is 5.21. The summed E-state index contributed by atoms with van der Waals surface area (Å²) in [5.74, 6) is 0.250. The van der Waals surface area contributed by atoms with E-state index in [9.17, 15) is 4.79 Å². The zero-order valence-corrected chi connectivity index (χ0v) is 10.0. The molecule has 1 aliphatic heterocycles. The largest absolute Gasteiger partial charge is 0.366 e. The fraction of sp³-hybridized carbons (Fsp3) is 0.533. The maximum absolute atomic E-state index is 12.0. The van der Waals surface area contributed by atoms with Gasteiger partial charge in [-0.25, -0.2) is 0 Å². The summed E-state index contributed by atoms with van der Waals surface area (Å²) in [7, 11) is 0. The molecule has 0 spiro atoms. The second-order valence-corrected chi connectivity index (χ2v) is 5.21. The number of ether oxygens (including phenoxy) is 1. The smallest absolute Gasteiger partial charge is 0.162 e. The van der Waals surface area contributed by atoms with E-state index >= 15 is 0 Å². The number of rotatable bonds is 4. The van der Waals surface area contributed by atoms with Crippen LogP contribution in [0.2, 0.25) is 0 Å². The highest BCUT2D eigenvalue weighted by Gasteiger charge is 2.56. The van der Waals surface area contributed by atoms with E-state index in [1.54, 1.807) is 0 Å². The summed E-state index contributed by atoms with van der Waals surface area (Å²) in [6.07, 6.45) is 6.89. The topological polar surface area (TPSA) is 29.6 Å². The molecule has 2 aliphatic rings. The number of ketones is 1. The van der Waals surface area contributed by atoms with Crippen molar-refractivity contribution < 1.29 is 9.53 Å². The first kappa shape index (κ1) is 11.0. The molecule has 1 saturated heterocycles. The molecule has 1 aromatic rings.